The quantitative estimate of drug-likeness (QED) is 0.857. The molecule has 6 heteroatoms. The van der Waals surface area contributed by atoms with Crippen molar-refractivity contribution in [1.29, 1.82) is 0 Å². The largest absolute Gasteiger partial charge is 0.469 e. The normalized spacial score (nSPS) is 29.0. The van der Waals surface area contributed by atoms with Crippen LogP contribution < -0.4 is 0 Å². The number of nitrogens with zero attached hydrogens (tertiary/aromatic N) is 1. The second-order valence-electron chi connectivity index (χ2n) is 6.44. The zero-order valence-electron chi connectivity index (χ0n) is 13.8. The van der Waals surface area contributed by atoms with Gasteiger partial charge in [0.1, 0.15) is 12.5 Å². The molecule has 0 aliphatic carbocycles. The Morgan fingerprint density at radius 2 is 1.88 bits per heavy atom. The van der Waals surface area contributed by atoms with Crippen LogP contribution in [0.1, 0.15) is 31.2 Å². The zero-order chi connectivity index (χ0) is 17.1. The van der Waals surface area contributed by atoms with Gasteiger partial charge in [-0.3, -0.25) is 4.79 Å². The molecule has 2 aliphatic heterocycles. The number of carbonyl (C=O) groups is 2. The average Bonchev–Trinajstić information content (AvgIpc) is 2.95. The Labute approximate surface area is 141 Å². The molecule has 0 spiro atoms. The van der Waals surface area contributed by atoms with Gasteiger partial charge in [-0.05, 0) is 31.2 Å². The maximum atomic E-state index is 12.6. The molecule has 2 bridgehead atoms. The molecule has 0 radical (unpaired) electrons. The van der Waals surface area contributed by atoms with E-state index in [1.165, 1.54) is 7.11 Å². The van der Waals surface area contributed by atoms with Crippen LogP contribution in [-0.4, -0.2) is 47.4 Å². The lowest BCUT2D eigenvalue weighted by molar-refractivity contribution is -0.151. The van der Waals surface area contributed by atoms with E-state index in [1.54, 1.807) is 4.90 Å². The van der Waals surface area contributed by atoms with E-state index in [0.29, 0.717) is 19.3 Å². The lowest BCUT2D eigenvalue weighted by Crippen LogP contribution is -2.48. The second kappa shape index (κ2) is 7.21. The van der Waals surface area contributed by atoms with E-state index in [1.807, 2.05) is 30.3 Å². The molecule has 6 nitrogen and oxygen atoms in total. The minimum atomic E-state index is -0.780. The summed E-state index contributed by atoms with van der Waals surface area (Å²) in [6.45, 7) is 0.195. The third-order valence-corrected chi connectivity index (χ3v) is 5.06. The second-order valence-corrected chi connectivity index (χ2v) is 6.44. The standard InChI is InChI=1S/C18H23NO5/c1-23-17(21)16-14-9-7-13(8-10-15(16)20)19(14)18(22)24-11-12-5-3-2-4-6-12/h2-6,13-16,20H,7-11H2,1H3/t13-,14+,15+,16-/m0/s1. The molecule has 2 heterocycles. The van der Waals surface area contributed by atoms with Crippen molar-refractivity contribution in [3.05, 3.63) is 35.9 Å². The summed E-state index contributed by atoms with van der Waals surface area (Å²) in [5.41, 5.74) is 0.914. The predicted octanol–water partition coefficient (Wildman–Crippen LogP) is 2.10. The summed E-state index contributed by atoms with van der Waals surface area (Å²) >= 11 is 0. The number of aliphatic hydroxyl groups is 1. The van der Waals surface area contributed by atoms with Gasteiger partial charge in [0.2, 0.25) is 0 Å². The summed E-state index contributed by atoms with van der Waals surface area (Å²) < 4.78 is 10.3. The van der Waals surface area contributed by atoms with Crippen LogP contribution in [0.2, 0.25) is 0 Å². The van der Waals surface area contributed by atoms with Gasteiger partial charge in [0.25, 0.3) is 0 Å². The Hall–Kier alpha value is -2.08. The van der Waals surface area contributed by atoms with Crippen molar-refractivity contribution < 1.29 is 24.2 Å². The first-order valence-corrected chi connectivity index (χ1v) is 8.36. The van der Waals surface area contributed by atoms with Gasteiger partial charge in [-0.2, -0.15) is 0 Å². The maximum absolute atomic E-state index is 12.6. The Morgan fingerprint density at radius 3 is 2.58 bits per heavy atom. The number of hydrogen-bond acceptors (Lipinski definition) is 5. The number of hydrogen-bond donors (Lipinski definition) is 1. The van der Waals surface area contributed by atoms with E-state index in [9.17, 15) is 14.7 Å². The number of rotatable bonds is 3. The minimum absolute atomic E-state index is 0.0163. The third kappa shape index (κ3) is 3.24. The van der Waals surface area contributed by atoms with Crippen LogP contribution in [-0.2, 0) is 20.9 Å². The van der Waals surface area contributed by atoms with Gasteiger partial charge in [0.15, 0.2) is 0 Å². The number of methoxy groups -OCH3 is 1. The molecule has 1 N–H and O–H groups in total. The Bertz CT molecular complexity index is 590. The molecule has 1 aromatic rings. The maximum Gasteiger partial charge on any atom is 0.410 e. The van der Waals surface area contributed by atoms with E-state index < -0.39 is 24.1 Å². The Morgan fingerprint density at radius 1 is 1.17 bits per heavy atom. The third-order valence-electron chi connectivity index (χ3n) is 5.06. The molecule has 130 valence electrons. The summed E-state index contributed by atoms with van der Waals surface area (Å²) in [7, 11) is 1.31. The van der Waals surface area contributed by atoms with Gasteiger partial charge in [0, 0.05) is 6.04 Å². The van der Waals surface area contributed by atoms with Crippen LogP contribution in [0.3, 0.4) is 0 Å². The first-order chi connectivity index (χ1) is 11.6. The number of fused-ring (bicyclic) bond motifs is 2. The van der Waals surface area contributed by atoms with E-state index in [4.69, 9.17) is 9.47 Å². The molecular formula is C18H23NO5. The fourth-order valence-electron chi connectivity index (χ4n) is 3.88. The summed E-state index contributed by atoms with van der Waals surface area (Å²) in [5, 5.41) is 10.3. The molecule has 0 aromatic heterocycles. The van der Waals surface area contributed by atoms with Crippen LogP contribution >= 0.6 is 0 Å². The fraction of sp³-hybridized carbons (Fsp3) is 0.556. The topological polar surface area (TPSA) is 76.1 Å². The average molecular weight is 333 g/mol. The molecule has 0 saturated carbocycles. The number of ether oxygens (including phenoxy) is 2. The number of amides is 1. The molecule has 1 amide bonds. The van der Waals surface area contributed by atoms with Crippen LogP contribution in [0.15, 0.2) is 30.3 Å². The molecule has 4 atom stereocenters. The van der Waals surface area contributed by atoms with Gasteiger partial charge < -0.3 is 19.5 Å². The SMILES string of the molecule is COC(=O)[C@@H]1[C@H](O)CC[C@@H]2CC[C@H]1N2C(=O)OCc1ccccc1. The summed E-state index contributed by atoms with van der Waals surface area (Å²) in [5.74, 6) is -1.16. The van der Waals surface area contributed by atoms with Crippen molar-refractivity contribution in [1.82, 2.24) is 4.90 Å². The number of carbonyl (C=O) groups excluding carboxylic acids is 2. The zero-order valence-corrected chi connectivity index (χ0v) is 13.8. The van der Waals surface area contributed by atoms with Crippen LogP contribution in [0.5, 0.6) is 0 Å². The molecule has 1 aromatic carbocycles. The first-order valence-electron chi connectivity index (χ1n) is 8.36. The van der Waals surface area contributed by atoms with Gasteiger partial charge in [-0.15, -0.1) is 0 Å². The monoisotopic (exact) mass is 333 g/mol. The van der Waals surface area contributed by atoms with E-state index in [-0.39, 0.29) is 18.7 Å². The number of aliphatic hydroxyl groups excluding tert-OH is 1. The van der Waals surface area contributed by atoms with E-state index >= 15 is 0 Å². The molecule has 3 rings (SSSR count). The highest BCUT2D eigenvalue weighted by molar-refractivity contribution is 5.76. The Kier molecular flexibility index (Phi) is 5.04. The molecule has 0 unspecified atom stereocenters. The molecule has 24 heavy (non-hydrogen) atoms. The van der Waals surface area contributed by atoms with Crippen molar-refractivity contribution in [2.45, 2.75) is 50.5 Å². The van der Waals surface area contributed by atoms with Crippen LogP contribution in [0.4, 0.5) is 4.79 Å². The predicted molar refractivity (Wildman–Crippen MR) is 86.0 cm³/mol. The van der Waals surface area contributed by atoms with Crippen molar-refractivity contribution >= 4 is 12.1 Å². The van der Waals surface area contributed by atoms with Crippen LogP contribution in [0, 0.1) is 5.92 Å². The molecule has 2 saturated heterocycles. The lowest BCUT2D eigenvalue weighted by atomic mass is 9.88. The van der Waals surface area contributed by atoms with Gasteiger partial charge in [0.05, 0.1) is 19.3 Å². The number of benzene rings is 1. The highest BCUT2D eigenvalue weighted by atomic mass is 16.6. The van der Waals surface area contributed by atoms with Crippen molar-refractivity contribution in [2.24, 2.45) is 5.92 Å². The van der Waals surface area contributed by atoms with Crippen LogP contribution in [0.25, 0.3) is 0 Å². The van der Waals surface area contributed by atoms with E-state index in [0.717, 1.165) is 12.0 Å². The minimum Gasteiger partial charge on any atom is -0.469 e. The van der Waals surface area contributed by atoms with Crippen molar-refractivity contribution in [3.63, 3.8) is 0 Å². The highest BCUT2D eigenvalue weighted by Gasteiger charge is 2.49. The van der Waals surface area contributed by atoms with Gasteiger partial charge in [-0.25, -0.2) is 4.79 Å². The smallest absolute Gasteiger partial charge is 0.410 e. The molecule has 2 fully saturated rings. The molecule has 2 aliphatic rings. The van der Waals surface area contributed by atoms with Crippen molar-refractivity contribution in [3.8, 4) is 0 Å². The van der Waals surface area contributed by atoms with Crippen molar-refractivity contribution in [2.75, 3.05) is 7.11 Å². The summed E-state index contributed by atoms with van der Waals surface area (Å²) in [4.78, 5) is 26.4. The van der Waals surface area contributed by atoms with Gasteiger partial charge >= 0.3 is 12.1 Å². The fourth-order valence-corrected chi connectivity index (χ4v) is 3.88. The van der Waals surface area contributed by atoms with Gasteiger partial charge in [-0.1, -0.05) is 30.3 Å². The summed E-state index contributed by atoms with van der Waals surface area (Å²) in [6, 6.07) is 9.13. The lowest BCUT2D eigenvalue weighted by Gasteiger charge is -2.31. The van der Waals surface area contributed by atoms with E-state index in [2.05, 4.69) is 0 Å². The summed E-state index contributed by atoms with van der Waals surface area (Å²) in [6.07, 6.45) is 1.47. The first kappa shape index (κ1) is 16.8. The molecular weight excluding hydrogens is 310 g/mol. The Balaban J connectivity index is 1.73. The number of esters is 1. The highest BCUT2D eigenvalue weighted by Crippen LogP contribution is 2.38.